The summed E-state index contributed by atoms with van der Waals surface area (Å²) in [6.07, 6.45) is 7.41. The van der Waals surface area contributed by atoms with Gasteiger partial charge >= 0.3 is 0 Å². The van der Waals surface area contributed by atoms with Gasteiger partial charge in [0.25, 0.3) is 0 Å². The fourth-order valence-electron chi connectivity index (χ4n) is 8.86. The van der Waals surface area contributed by atoms with Gasteiger partial charge in [-0.15, -0.1) is 12.6 Å². The van der Waals surface area contributed by atoms with Gasteiger partial charge in [-0.2, -0.15) is 0 Å². The summed E-state index contributed by atoms with van der Waals surface area (Å²) in [4.78, 5) is 35.4. The summed E-state index contributed by atoms with van der Waals surface area (Å²) in [6, 6.07) is 23.1. The Kier molecular flexibility index (Phi) is 10.0. The predicted octanol–water partition coefficient (Wildman–Crippen LogP) is 8.08. The maximum Gasteiger partial charge on any atom is 0.240 e. The molecule has 6 N–H and O–H groups in total. The zero-order valence-corrected chi connectivity index (χ0v) is 34.0. The first-order chi connectivity index (χ1) is 27.5. The van der Waals surface area contributed by atoms with E-state index in [1.807, 2.05) is 43.3 Å². The fraction of sp³-hybridized carbons (Fsp3) is 0.400. The number of hydrogen-bond acceptors (Lipinski definition) is 8. The summed E-state index contributed by atoms with van der Waals surface area (Å²) in [6.45, 7) is 11.0. The van der Waals surface area contributed by atoms with Crippen molar-refractivity contribution in [2.45, 2.75) is 88.7 Å². The van der Waals surface area contributed by atoms with Gasteiger partial charge in [0.15, 0.2) is 0 Å². The van der Waals surface area contributed by atoms with E-state index in [2.05, 4.69) is 87.9 Å². The Morgan fingerprint density at radius 3 is 2.30 bits per heavy atom. The average molecular weight is 784 g/mol. The third-order valence-corrected chi connectivity index (χ3v) is 12.7. The molecule has 12 heteroatoms. The number of nitrogens with zero attached hydrogens (tertiary/aromatic N) is 5. The highest BCUT2D eigenvalue weighted by atomic mass is 32.1. The topological polar surface area (TPSA) is 147 Å². The van der Waals surface area contributed by atoms with Crippen LogP contribution in [-0.4, -0.2) is 71.9 Å². The molecule has 0 aliphatic carbocycles. The molecular formula is C45H53N9O2S. The number of imidazole rings is 2. The number of aromatic nitrogens is 5. The summed E-state index contributed by atoms with van der Waals surface area (Å²) in [5.74, 6) is 3.06. The molecular weight excluding hydrogens is 731 g/mol. The van der Waals surface area contributed by atoms with E-state index in [0.29, 0.717) is 12.5 Å². The number of nitrogens with one attached hydrogen (secondary N) is 2. The Hall–Kier alpha value is -4.88. The van der Waals surface area contributed by atoms with Crippen LogP contribution >= 0.6 is 12.6 Å². The first-order valence-electron chi connectivity index (χ1n) is 20.4. The minimum absolute atomic E-state index is 0.0145. The number of rotatable bonds is 10. The number of ether oxygens (including phenoxy) is 1. The Morgan fingerprint density at radius 1 is 0.860 bits per heavy atom. The summed E-state index contributed by atoms with van der Waals surface area (Å²) < 4.78 is 9.25. The lowest BCUT2D eigenvalue weighted by Crippen LogP contribution is -2.46. The molecule has 0 radical (unpaired) electrons. The van der Waals surface area contributed by atoms with Crippen LogP contribution in [0.5, 0.6) is 5.75 Å². The van der Waals surface area contributed by atoms with E-state index in [9.17, 15) is 4.79 Å². The molecule has 0 bridgehead atoms. The van der Waals surface area contributed by atoms with Crippen LogP contribution in [0, 0.1) is 11.8 Å². The molecule has 3 aliphatic heterocycles. The molecule has 5 atom stereocenters. The molecule has 2 fully saturated rings. The second-order valence-electron chi connectivity index (χ2n) is 16.8. The molecule has 57 heavy (non-hydrogen) atoms. The first kappa shape index (κ1) is 37.7. The van der Waals surface area contributed by atoms with Crippen LogP contribution < -0.4 is 16.2 Å². The number of carbonyl (C=O) groups is 1. The largest absolute Gasteiger partial charge is 0.465 e. The van der Waals surface area contributed by atoms with Gasteiger partial charge in [-0.3, -0.25) is 9.69 Å². The van der Waals surface area contributed by atoms with Gasteiger partial charge in [-0.25, -0.2) is 9.97 Å². The maximum atomic E-state index is 13.3. The van der Waals surface area contributed by atoms with Crippen LogP contribution in [0.15, 0.2) is 84.0 Å². The van der Waals surface area contributed by atoms with E-state index in [1.165, 1.54) is 0 Å². The number of hydrogen-bond donors (Lipinski definition) is 5. The molecule has 6 aromatic rings. The van der Waals surface area contributed by atoms with E-state index in [4.69, 9.17) is 38.8 Å². The number of nitrogens with two attached hydrogens (primary N) is 2. The molecule has 0 saturated carbocycles. The maximum absolute atomic E-state index is 13.3. The highest BCUT2D eigenvalue weighted by molar-refractivity contribution is 7.80. The monoisotopic (exact) mass is 783 g/mol. The van der Waals surface area contributed by atoms with Crippen molar-refractivity contribution in [3.8, 4) is 39.5 Å². The van der Waals surface area contributed by atoms with Crippen LogP contribution in [0.2, 0.25) is 0 Å². The third-order valence-electron chi connectivity index (χ3n) is 12.4. The second kappa shape index (κ2) is 15.1. The van der Waals surface area contributed by atoms with Crippen molar-refractivity contribution in [1.29, 1.82) is 0 Å². The van der Waals surface area contributed by atoms with E-state index < -0.39 is 12.3 Å². The number of benzene rings is 3. The van der Waals surface area contributed by atoms with Gasteiger partial charge in [-0.05, 0) is 86.5 Å². The van der Waals surface area contributed by atoms with Gasteiger partial charge in [0.05, 0.1) is 53.1 Å². The van der Waals surface area contributed by atoms with Crippen LogP contribution in [0.4, 0.5) is 0 Å². The van der Waals surface area contributed by atoms with Gasteiger partial charge in [-0.1, -0.05) is 52.0 Å². The van der Waals surface area contributed by atoms with Crippen molar-refractivity contribution in [1.82, 2.24) is 34.3 Å². The van der Waals surface area contributed by atoms with Crippen molar-refractivity contribution in [3.05, 3.63) is 96.3 Å². The number of aromatic amines is 2. The highest BCUT2D eigenvalue weighted by Gasteiger charge is 2.36. The Balaban J connectivity index is 1.04. The minimum Gasteiger partial charge on any atom is -0.465 e. The quantitative estimate of drug-likeness (QED) is 0.0883. The van der Waals surface area contributed by atoms with Crippen molar-refractivity contribution in [2.75, 3.05) is 19.6 Å². The standard InChI is InChI=1S/C45H53N9O2S/c1-25(2)33(46)24-52-16-6-10-37(52)42-48-22-34(50-42)27-13-15-36-30(18-27)20-39-32-14-12-28(21-40(32)56-45(54(36)39)29-8-5-9-31(57)19-29)35-23-49-43(51-35)38-11-7-17-53(38)44(55)41(47)26(3)4/h5,8-9,12-15,18-23,25-26,33,37-38,41,45,57H,6-7,10-11,16-17,24,46-47H2,1-4H3,(H,48,50)(H,49,51)/t33-,37+,38+,41+,45?/m1/s1. The Bertz CT molecular complexity index is 2430. The Morgan fingerprint density at radius 2 is 1.56 bits per heavy atom. The average Bonchev–Trinajstić information content (AvgIpc) is 4.05. The highest BCUT2D eigenvalue weighted by Crippen LogP contribution is 2.46. The van der Waals surface area contributed by atoms with Crippen LogP contribution in [-0.2, 0) is 4.79 Å². The van der Waals surface area contributed by atoms with Crippen molar-refractivity contribution in [3.63, 3.8) is 0 Å². The molecule has 1 unspecified atom stereocenters. The molecule has 2 saturated heterocycles. The van der Waals surface area contributed by atoms with Crippen LogP contribution in [0.3, 0.4) is 0 Å². The van der Waals surface area contributed by atoms with Gasteiger partial charge in [0.2, 0.25) is 12.1 Å². The lowest BCUT2D eigenvalue weighted by atomic mass is 10.0. The fourth-order valence-corrected chi connectivity index (χ4v) is 9.10. The number of fused-ring (bicyclic) bond motifs is 5. The molecule has 1 amide bonds. The lowest BCUT2D eigenvalue weighted by molar-refractivity contribution is -0.134. The molecule has 0 spiro atoms. The van der Waals surface area contributed by atoms with Crippen LogP contribution in [0.1, 0.15) is 88.9 Å². The summed E-state index contributed by atoms with van der Waals surface area (Å²) in [7, 11) is 0. The molecule has 3 aliphatic rings. The number of thiol groups is 1. The van der Waals surface area contributed by atoms with E-state index in [1.54, 1.807) is 0 Å². The number of carbonyl (C=O) groups excluding carboxylic acids is 1. The van der Waals surface area contributed by atoms with Crippen molar-refractivity contribution < 1.29 is 9.53 Å². The minimum atomic E-state index is -0.526. The SMILES string of the molecule is CC(C)[C@H](N)CN1CCC[C@H]1c1ncc(-c2ccc3c(c2)cc2n3C(c3cccc(S)c3)Oc3cc(-c4cnc([C@@H]5CCCN5C(=O)[C@@H](N)C(C)C)[nH]4)ccc3-2)[nH]1. The first-order valence-corrected chi connectivity index (χ1v) is 20.9. The molecule has 6 heterocycles. The summed E-state index contributed by atoms with van der Waals surface area (Å²) in [5, 5.41) is 1.11. The second-order valence-corrected chi connectivity index (χ2v) is 17.4. The number of amides is 1. The zero-order valence-electron chi connectivity index (χ0n) is 33.2. The number of likely N-dealkylation sites (tertiary alicyclic amines) is 2. The lowest BCUT2D eigenvalue weighted by Gasteiger charge is -2.30. The molecule has 296 valence electrons. The molecule has 11 nitrogen and oxygen atoms in total. The third kappa shape index (κ3) is 6.96. The Labute approximate surface area is 339 Å². The summed E-state index contributed by atoms with van der Waals surface area (Å²) in [5.41, 5.74) is 20.9. The van der Waals surface area contributed by atoms with Gasteiger partial charge < -0.3 is 35.6 Å². The van der Waals surface area contributed by atoms with Crippen molar-refractivity contribution in [2.24, 2.45) is 23.3 Å². The van der Waals surface area contributed by atoms with Crippen LogP contribution in [0.25, 0.3) is 44.7 Å². The normalized spacial score (nSPS) is 20.6. The smallest absolute Gasteiger partial charge is 0.240 e. The van der Waals surface area contributed by atoms with Gasteiger partial charge in [0, 0.05) is 51.7 Å². The zero-order chi connectivity index (χ0) is 39.5. The van der Waals surface area contributed by atoms with Gasteiger partial charge in [0.1, 0.15) is 17.4 Å². The van der Waals surface area contributed by atoms with E-state index >= 15 is 0 Å². The predicted molar refractivity (Wildman–Crippen MR) is 228 cm³/mol. The molecule has 9 rings (SSSR count). The van der Waals surface area contributed by atoms with E-state index in [-0.39, 0.29) is 30.0 Å². The molecule has 3 aromatic heterocycles. The number of H-pyrrole nitrogens is 2. The molecule has 3 aromatic carbocycles. The summed E-state index contributed by atoms with van der Waals surface area (Å²) >= 11 is 4.69. The van der Waals surface area contributed by atoms with E-state index in [0.717, 1.165) is 111 Å². The van der Waals surface area contributed by atoms with Crippen molar-refractivity contribution >= 4 is 29.4 Å².